The minimum Gasteiger partial charge on any atom is -0.492 e. The van der Waals surface area contributed by atoms with Crippen LogP contribution in [0.25, 0.3) is 0 Å². The first-order valence-electron chi connectivity index (χ1n) is 6.13. The quantitative estimate of drug-likeness (QED) is 0.611. The second-order valence-corrected chi connectivity index (χ2v) is 4.64. The monoisotopic (exact) mass is 261 g/mol. The molecule has 0 aromatic heterocycles. The van der Waals surface area contributed by atoms with E-state index >= 15 is 0 Å². The average molecular weight is 261 g/mol. The SMILES string of the molecule is CN1CCC[C@H]1COc1ccc([N+](=O)[O-])c(C#N)c1. The van der Waals surface area contributed by atoms with Crippen LogP contribution in [0.15, 0.2) is 18.2 Å². The largest absolute Gasteiger partial charge is 0.492 e. The van der Waals surface area contributed by atoms with Gasteiger partial charge < -0.3 is 9.64 Å². The highest BCUT2D eigenvalue weighted by atomic mass is 16.6. The number of ether oxygens (including phenoxy) is 1. The number of benzene rings is 1. The summed E-state index contributed by atoms with van der Waals surface area (Å²) in [5, 5.41) is 19.6. The zero-order valence-electron chi connectivity index (χ0n) is 10.7. The van der Waals surface area contributed by atoms with E-state index in [0.29, 0.717) is 18.4 Å². The van der Waals surface area contributed by atoms with E-state index in [1.165, 1.54) is 18.2 Å². The first kappa shape index (κ1) is 13.3. The fourth-order valence-electron chi connectivity index (χ4n) is 2.24. The predicted octanol–water partition coefficient (Wildman–Crippen LogP) is 1.94. The maximum Gasteiger partial charge on any atom is 0.287 e. The van der Waals surface area contributed by atoms with Gasteiger partial charge in [-0.1, -0.05) is 0 Å². The molecule has 1 aromatic rings. The van der Waals surface area contributed by atoms with Gasteiger partial charge in [-0.3, -0.25) is 10.1 Å². The van der Waals surface area contributed by atoms with Crippen LogP contribution in [0.1, 0.15) is 18.4 Å². The average Bonchev–Trinajstić information content (AvgIpc) is 2.81. The van der Waals surface area contributed by atoms with Crippen molar-refractivity contribution in [2.24, 2.45) is 0 Å². The molecule has 0 bridgehead atoms. The molecule has 19 heavy (non-hydrogen) atoms. The van der Waals surface area contributed by atoms with Gasteiger partial charge in [-0.05, 0) is 32.5 Å². The molecule has 6 heteroatoms. The van der Waals surface area contributed by atoms with Crippen LogP contribution in [0.4, 0.5) is 5.69 Å². The maximum atomic E-state index is 10.7. The summed E-state index contributed by atoms with van der Waals surface area (Å²) >= 11 is 0. The van der Waals surface area contributed by atoms with Crippen molar-refractivity contribution in [2.45, 2.75) is 18.9 Å². The Balaban J connectivity index is 2.05. The maximum absolute atomic E-state index is 10.7. The summed E-state index contributed by atoms with van der Waals surface area (Å²) in [4.78, 5) is 12.4. The minimum absolute atomic E-state index is 0.0299. The Morgan fingerprint density at radius 2 is 2.42 bits per heavy atom. The lowest BCUT2D eigenvalue weighted by Gasteiger charge is -2.19. The molecule has 0 saturated carbocycles. The first-order chi connectivity index (χ1) is 9.11. The van der Waals surface area contributed by atoms with Gasteiger partial charge in [0.15, 0.2) is 0 Å². The Hall–Kier alpha value is -2.13. The topological polar surface area (TPSA) is 79.4 Å². The van der Waals surface area contributed by atoms with Crippen molar-refractivity contribution in [1.29, 1.82) is 5.26 Å². The molecule has 1 atom stereocenters. The summed E-state index contributed by atoms with van der Waals surface area (Å²) in [7, 11) is 2.05. The third-order valence-electron chi connectivity index (χ3n) is 3.40. The van der Waals surface area contributed by atoms with E-state index in [9.17, 15) is 10.1 Å². The van der Waals surface area contributed by atoms with Gasteiger partial charge in [-0.25, -0.2) is 0 Å². The molecule has 0 amide bonds. The molecule has 1 saturated heterocycles. The molecule has 1 heterocycles. The second kappa shape index (κ2) is 5.67. The molecule has 0 radical (unpaired) electrons. The van der Waals surface area contributed by atoms with Crippen LogP contribution >= 0.6 is 0 Å². The molecule has 0 N–H and O–H groups in total. The van der Waals surface area contributed by atoms with Crippen LogP contribution in [0, 0.1) is 21.4 Å². The summed E-state index contributed by atoms with van der Waals surface area (Å²) in [6.45, 7) is 1.61. The van der Waals surface area contributed by atoms with Gasteiger partial charge in [-0.2, -0.15) is 5.26 Å². The number of hydrogen-bond donors (Lipinski definition) is 0. The number of nitro groups is 1. The van der Waals surface area contributed by atoms with Crippen molar-refractivity contribution in [3.8, 4) is 11.8 Å². The van der Waals surface area contributed by atoms with E-state index in [0.717, 1.165) is 19.4 Å². The molecule has 1 aromatic carbocycles. The zero-order valence-corrected chi connectivity index (χ0v) is 10.7. The summed E-state index contributed by atoms with van der Waals surface area (Å²) in [5.41, 5.74) is -0.157. The Kier molecular flexibility index (Phi) is 3.97. The second-order valence-electron chi connectivity index (χ2n) is 4.64. The third kappa shape index (κ3) is 3.01. The Morgan fingerprint density at radius 3 is 3.00 bits per heavy atom. The number of nitrogens with zero attached hydrogens (tertiary/aromatic N) is 3. The molecule has 1 aliphatic rings. The van der Waals surface area contributed by atoms with Gasteiger partial charge in [0.25, 0.3) is 5.69 Å². The van der Waals surface area contributed by atoms with Crippen LogP contribution in [0.5, 0.6) is 5.75 Å². The highest BCUT2D eigenvalue weighted by Crippen LogP contribution is 2.24. The standard InChI is InChI=1S/C13H15N3O3/c1-15-6-2-3-11(15)9-19-12-4-5-13(16(17)18)10(7-12)8-14/h4-5,7,11H,2-3,6,9H2,1H3/t11-/m0/s1. The number of likely N-dealkylation sites (N-methyl/N-ethyl adjacent to an activating group) is 1. The summed E-state index contributed by atoms with van der Waals surface area (Å²) < 4.78 is 5.62. The highest BCUT2D eigenvalue weighted by molar-refractivity contribution is 5.52. The van der Waals surface area contributed by atoms with Crippen LogP contribution in [0.2, 0.25) is 0 Å². The first-order valence-corrected chi connectivity index (χ1v) is 6.13. The van der Waals surface area contributed by atoms with Crippen LogP contribution < -0.4 is 4.74 Å². The van der Waals surface area contributed by atoms with Crippen molar-refractivity contribution in [2.75, 3.05) is 20.2 Å². The molecule has 0 unspecified atom stereocenters. The van der Waals surface area contributed by atoms with Gasteiger partial charge in [-0.15, -0.1) is 0 Å². The van der Waals surface area contributed by atoms with Gasteiger partial charge >= 0.3 is 0 Å². The molecule has 0 aliphatic carbocycles. The molecule has 2 rings (SSSR count). The van der Waals surface area contributed by atoms with Gasteiger partial charge in [0.2, 0.25) is 0 Å². The third-order valence-corrected chi connectivity index (χ3v) is 3.40. The van der Waals surface area contributed by atoms with E-state index < -0.39 is 4.92 Å². The lowest BCUT2D eigenvalue weighted by atomic mass is 10.2. The lowest BCUT2D eigenvalue weighted by molar-refractivity contribution is -0.385. The minimum atomic E-state index is -0.562. The Bertz CT molecular complexity index is 524. The van der Waals surface area contributed by atoms with E-state index in [4.69, 9.17) is 10.00 Å². The van der Waals surface area contributed by atoms with E-state index in [2.05, 4.69) is 11.9 Å². The number of nitro benzene ring substituents is 1. The lowest BCUT2D eigenvalue weighted by Crippen LogP contribution is -2.30. The molecule has 1 fully saturated rings. The number of likely N-dealkylation sites (tertiary alicyclic amines) is 1. The normalized spacial score (nSPS) is 19.1. The zero-order chi connectivity index (χ0) is 13.8. The van der Waals surface area contributed by atoms with Gasteiger partial charge in [0, 0.05) is 18.2 Å². The highest BCUT2D eigenvalue weighted by Gasteiger charge is 2.21. The molecular formula is C13H15N3O3. The molecular weight excluding hydrogens is 246 g/mol. The fraction of sp³-hybridized carbons (Fsp3) is 0.462. The molecule has 1 aliphatic heterocycles. The summed E-state index contributed by atoms with van der Waals surface area (Å²) in [6.07, 6.45) is 2.25. The van der Waals surface area contributed by atoms with Crippen LogP contribution in [0.3, 0.4) is 0 Å². The van der Waals surface area contributed by atoms with Gasteiger partial charge in [0.1, 0.15) is 24.0 Å². The van der Waals surface area contributed by atoms with Gasteiger partial charge in [0.05, 0.1) is 4.92 Å². The van der Waals surface area contributed by atoms with Crippen molar-refractivity contribution >= 4 is 5.69 Å². The Morgan fingerprint density at radius 1 is 1.63 bits per heavy atom. The van der Waals surface area contributed by atoms with Crippen molar-refractivity contribution in [3.63, 3.8) is 0 Å². The van der Waals surface area contributed by atoms with E-state index in [-0.39, 0.29) is 11.3 Å². The summed E-state index contributed by atoms with van der Waals surface area (Å²) in [5.74, 6) is 0.502. The fourth-order valence-corrected chi connectivity index (χ4v) is 2.24. The molecule has 0 spiro atoms. The number of nitriles is 1. The summed E-state index contributed by atoms with van der Waals surface area (Å²) in [6, 6.07) is 6.47. The molecule has 100 valence electrons. The van der Waals surface area contributed by atoms with Crippen LogP contribution in [-0.4, -0.2) is 36.1 Å². The smallest absolute Gasteiger partial charge is 0.287 e. The van der Waals surface area contributed by atoms with Crippen molar-refractivity contribution in [3.05, 3.63) is 33.9 Å². The van der Waals surface area contributed by atoms with E-state index in [1.807, 2.05) is 6.07 Å². The number of hydrogen-bond acceptors (Lipinski definition) is 5. The Labute approximate surface area is 111 Å². The predicted molar refractivity (Wildman–Crippen MR) is 69.0 cm³/mol. The number of rotatable bonds is 4. The van der Waals surface area contributed by atoms with Crippen molar-refractivity contribution < 1.29 is 9.66 Å². The van der Waals surface area contributed by atoms with E-state index in [1.54, 1.807) is 0 Å². The molecule has 6 nitrogen and oxygen atoms in total. The van der Waals surface area contributed by atoms with Crippen molar-refractivity contribution in [1.82, 2.24) is 4.90 Å². The van der Waals surface area contributed by atoms with Crippen LogP contribution in [-0.2, 0) is 0 Å².